The molecule has 5 aromatic rings. The molecule has 4 aromatic carbocycles. The standard InChI is InChI=1S/C22H21ClF2N2O4.C16H13ClF2N2O.C9H12N2O3.ClH/c23-16-11-12(1-4-17(16)24)26-21(28)15-2-5-18(25)20-14(15)3-6-19(20)27-22(29)31-13-7-9-30-10-8-13;17-11-7-8(1-4-12(11)18)21-16(22)10-2-5-13(19)15-9(10)3-6-14(15)20;12-9(11-4-3-10-7-11)14-8-1-5-13-6-2-8;/h1-2,4-5,11,13,19H,3,6-10H2,(H,26,28)(H,27,29);1-2,4-5,7,14H,3,6,20H2,(H,21,22);3-4,7-8H,1-2,5-6H2;1H/t19-;14-;;/m00../s1. The highest BCUT2D eigenvalue weighted by molar-refractivity contribution is 6.31. The first-order valence-electron chi connectivity index (χ1n) is 21.5. The molecule has 3 amide bonds. The number of alkyl carbamates (subject to hydrolysis) is 1. The minimum Gasteiger partial charge on any atom is -0.446 e. The molecule has 21 heteroatoms. The molecule has 1 aromatic heterocycles. The summed E-state index contributed by atoms with van der Waals surface area (Å²) in [6, 6.07) is 12.1. The van der Waals surface area contributed by atoms with Crippen LogP contribution in [0.25, 0.3) is 0 Å². The highest BCUT2D eigenvalue weighted by Gasteiger charge is 2.33. The monoisotopic (exact) mass is 1000 g/mol. The third-order valence-electron chi connectivity index (χ3n) is 11.4. The van der Waals surface area contributed by atoms with E-state index in [1.54, 1.807) is 12.4 Å². The van der Waals surface area contributed by atoms with Gasteiger partial charge in [-0.25, -0.2) is 36.7 Å². The van der Waals surface area contributed by atoms with Gasteiger partial charge in [-0.3, -0.25) is 9.59 Å². The van der Waals surface area contributed by atoms with E-state index in [0.717, 1.165) is 18.9 Å². The van der Waals surface area contributed by atoms with E-state index in [1.807, 2.05) is 0 Å². The number of amides is 3. The lowest BCUT2D eigenvalue weighted by molar-refractivity contribution is 0.000539. The van der Waals surface area contributed by atoms with Crippen LogP contribution in [0.3, 0.4) is 0 Å². The molecule has 4 aliphatic rings. The van der Waals surface area contributed by atoms with Crippen molar-refractivity contribution < 1.29 is 55.7 Å². The third kappa shape index (κ3) is 13.1. The second kappa shape index (κ2) is 24.0. The minimum absolute atomic E-state index is 0. The molecule has 0 bridgehead atoms. The molecule has 5 N–H and O–H groups in total. The van der Waals surface area contributed by atoms with Crippen LogP contribution in [0.1, 0.15) is 93.6 Å². The zero-order chi connectivity index (χ0) is 47.6. The molecule has 3 heterocycles. The van der Waals surface area contributed by atoms with Crippen LogP contribution in [0.15, 0.2) is 79.4 Å². The fraction of sp³-hybridized carbons (Fsp3) is 0.340. The van der Waals surface area contributed by atoms with E-state index in [4.69, 9.17) is 47.9 Å². The van der Waals surface area contributed by atoms with Crippen LogP contribution >= 0.6 is 35.6 Å². The first-order valence-corrected chi connectivity index (χ1v) is 22.2. The number of ether oxygens (including phenoxy) is 4. The normalized spacial score (nSPS) is 17.4. The number of nitrogens with zero attached hydrogens (tertiary/aromatic N) is 2. The topological polar surface area (TPSA) is 185 Å². The summed E-state index contributed by atoms with van der Waals surface area (Å²) in [6.07, 6.45) is 8.17. The summed E-state index contributed by atoms with van der Waals surface area (Å²) in [5.74, 6) is -2.90. The van der Waals surface area contributed by atoms with E-state index < -0.39 is 41.4 Å². The molecule has 68 heavy (non-hydrogen) atoms. The third-order valence-corrected chi connectivity index (χ3v) is 12.0. The average molecular weight is 1010 g/mol. The summed E-state index contributed by atoms with van der Waals surface area (Å²) >= 11 is 11.4. The molecule has 0 spiro atoms. The van der Waals surface area contributed by atoms with Gasteiger partial charge in [0.2, 0.25) is 0 Å². The van der Waals surface area contributed by atoms with Crippen molar-refractivity contribution in [3.05, 3.63) is 146 Å². The number of anilines is 2. The van der Waals surface area contributed by atoms with Crippen LogP contribution in [0.2, 0.25) is 10.0 Å². The van der Waals surface area contributed by atoms with Crippen molar-refractivity contribution in [2.75, 3.05) is 37.1 Å². The van der Waals surface area contributed by atoms with E-state index in [1.165, 1.54) is 65.5 Å². The highest BCUT2D eigenvalue weighted by atomic mass is 35.5. The van der Waals surface area contributed by atoms with Crippen molar-refractivity contribution in [3.8, 4) is 0 Å². The summed E-state index contributed by atoms with van der Waals surface area (Å²) in [4.78, 5) is 52.7. The highest BCUT2D eigenvalue weighted by Crippen LogP contribution is 2.37. The number of carbonyl (C=O) groups is 4. The Balaban J connectivity index is 0.000000179. The van der Waals surface area contributed by atoms with Crippen molar-refractivity contribution >= 4 is 71.0 Å². The van der Waals surface area contributed by atoms with Crippen molar-refractivity contribution in [2.24, 2.45) is 5.73 Å². The van der Waals surface area contributed by atoms with Crippen LogP contribution in [0.5, 0.6) is 0 Å². The number of benzene rings is 4. The predicted octanol–water partition coefficient (Wildman–Crippen LogP) is 10.0. The summed E-state index contributed by atoms with van der Waals surface area (Å²) in [7, 11) is 0. The molecular formula is C47H47Cl3F4N6O8. The number of imidazole rings is 1. The number of aromatic nitrogens is 2. The lowest BCUT2D eigenvalue weighted by atomic mass is 10.0. The van der Waals surface area contributed by atoms with Gasteiger partial charge in [-0.05, 0) is 97.5 Å². The number of nitrogens with two attached hydrogens (primary N) is 1. The number of hydrogen-bond donors (Lipinski definition) is 4. The van der Waals surface area contributed by atoms with Gasteiger partial charge in [-0.15, -0.1) is 12.4 Å². The van der Waals surface area contributed by atoms with Crippen molar-refractivity contribution in [1.82, 2.24) is 14.9 Å². The number of fused-ring (bicyclic) bond motifs is 2. The fourth-order valence-electron chi connectivity index (χ4n) is 8.07. The lowest BCUT2D eigenvalue weighted by Gasteiger charge is -2.23. The first kappa shape index (κ1) is 51.6. The van der Waals surface area contributed by atoms with E-state index >= 15 is 0 Å². The Labute approximate surface area is 404 Å². The molecule has 0 radical (unpaired) electrons. The van der Waals surface area contributed by atoms with Crippen LogP contribution in [0, 0.1) is 23.3 Å². The number of carbonyl (C=O) groups excluding carboxylic acids is 4. The molecule has 2 aliphatic carbocycles. The summed E-state index contributed by atoms with van der Waals surface area (Å²) < 4.78 is 77.3. The number of nitrogens with one attached hydrogen (secondary N) is 3. The first-order chi connectivity index (χ1) is 32.2. The van der Waals surface area contributed by atoms with E-state index in [2.05, 4.69) is 20.9 Å². The summed E-state index contributed by atoms with van der Waals surface area (Å²) in [5, 5.41) is 7.81. The molecule has 2 aliphatic heterocycles. The second-order valence-corrected chi connectivity index (χ2v) is 16.7. The van der Waals surface area contributed by atoms with Crippen molar-refractivity contribution in [3.63, 3.8) is 0 Å². The molecule has 362 valence electrons. The van der Waals surface area contributed by atoms with Crippen molar-refractivity contribution in [1.29, 1.82) is 0 Å². The maximum absolute atomic E-state index is 14.6. The smallest absolute Gasteiger partial charge is 0.419 e. The number of rotatable bonds is 7. The molecule has 2 saturated heterocycles. The van der Waals surface area contributed by atoms with Gasteiger partial charge in [0.05, 0.1) is 42.5 Å². The quantitative estimate of drug-likeness (QED) is 0.114. The zero-order valence-corrected chi connectivity index (χ0v) is 38.5. The van der Waals surface area contributed by atoms with Gasteiger partial charge in [-0.1, -0.05) is 23.2 Å². The predicted molar refractivity (Wildman–Crippen MR) is 246 cm³/mol. The average Bonchev–Trinajstić information content (AvgIpc) is 4.10. The van der Waals surface area contributed by atoms with Crippen LogP contribution in [-0.2, 0) is 31.8 Å². The van der Waals surface area contributed by atoms with E-state index in [-0.39, 0.29) is 58.2 Å². The Morgan fingerprint density at radius 3 is 1.66 bits per heavy atom. The Morgan fingerprint density at radius 2 is 1.15 bits per heavy atom. The summed E-state index contributed by atoms with van der Waals surface area (Å²) in [6.45, 7) is 2.41. The van der Waals surface area contributed by atoms with Gasteiger partial charge in [0.25, 0.3) is 11.8 Å². The molecular weight excluding hydrogens is 959 g/mol. The largest absolute Gasteiger partial charge is 0.446 e. The number of halogens is 7. The SMILES string of the molecule is Cl.N[C@H]1CCc2c(C(=O)Nc3ccc(F)c(Cl)c3)ccc(F)c21.O=C(N[C@H]1CCc2c(C(=O)Nc3ccc(F)c(Cl)c3)ccc(F)c21)OC1CCOCC1.O=C(OC1CCOCC1)n1ccnc1. The van der Waals surface area contributed by atoms with E-state index in [9.17, 15) is 36.7 Å². The maximum atomic E-state index is 14.6. The lowest BCUT2D eigenvalue weighted by Crippen LogP contribution is -2.34. The Hall–Kier alpha value is -5.76. The Kier molecular flexibility index (Phi) is 18.2. The maximum Gasteiger partial charge on any atom is 0.419 e. The molecule has 0 unspecified atom stereocenters. The van der Waals surface area contributed by atoms with Gasteiger partial charge in [0, 0.05) is 77.7 Å². The van der Waals surface area contributed by atoms with Crippen LogP contribution < -0.4 is 21.7 Å². The van der Waals surface area contributed by atoms with Crippen LogP contribution in [-0.4, -0.2) is 72.2 Å². The minimum atomic E-state index is -0.611. The Morgan fingerprint density at radius 1 is 0.662 bits per heavy atom. The number of hydrogen-bond acceptors (Lipinski definition) is 10. The van der Waals surface area contributed by atoms with Gasteiger partial charge >= 0.3 is 12.2 Å². The van der Waals surface area contributed by atoms with Crippen molar-refractivity contribution in [2.45, 2.75) is 75.7 Å². The van der Waals surface area contributed by atoms with Crippen LogP contribution in [0.4, 0.5) is 38.5 Å². The van der Waals surface area contributed by atoms with Gasteiger partial charge in [-0.2, -0.15) is 0 Å². The second-order valence-electron chi connectivity index (χ2n) is 15.9. The molecule has 0 saturated carbocycles. The van der Waals surface area contributed by atoms with Gasteiger partial charge < -0.3 is 40.6 Å². The summed E-state index contributed by atoms with van der Waals surface area (Å²) in [5.41, 5.74) is 9.10. The van der Waals surface area contributed by atoms with Gasteiger partial charge in [0.1, 0.15) is 41.8 Å². The zero-order valence-electron chi connectivity index (χ0n) is 36.2. The fourth-order valence-corrected chi connectivity index (χ4v) is 8.43. The molecule has 2 fully saturated rings. The van der Waals surface area contributed by atoms with Gasteiger partial charge in [0.15, 0.2) is 0 Å². The molecule has 14 nitrogen and oxygen atoms in total. The molecule has 9 rings (SSSR count). The van der Waals surface area contributed by atoms with E-state index in [0.29, 0.717) is 104 Å². The molecule has 2 atom stereocenters. The Bertz CT molecular complexity index is 2600.